The number of carbonyl (C=O) groups is 1. The Labute approximate surface area is 151 Å². The summed E-state index contributed by atoms with van der Waals surface area (Å²) in [6, 6.07) is 30.1. The van der Waals surface area contributed by atoms with E-state index in [0.29, 0.717) is 0 Å². The lowest BCUT2D eigenvalue weighted by atomic mass is 9.84. The number of carboxylic acid groups (broad SMARTS) is 1. The fourth-order valence-corrected chi connectivity index (χ4v) is 3.89. The zero-order valence-corrected chi connectivity index (χ0v) is 14.2. The van der Waals surface area contributed by atoms with E-state index in [1.54, 1.807) is 0 Å². The van der Waals surface area contributed by atoms with E-state index in [-0.39, 0.29) is 0 Å². The van der Waals surface area contributed by atoms with Crippen LogP contribution in [0.5, 0.6) is 0 Å². The average Bonchev–Trinajstić information content (AvgIpc) is 2.67. The summed E-state index contributed by atoms with van der Waals surface area (Å²) in [4.78, 5) is 10.9. The lowest BCUT2D eigenvalue weighted by molar-refractivity contribution is -0.130. The molecule has 0 heterocycles. The number of aliphatic carboxylic acids is 1. The topological polar surface area (TPSA) is 37.3 Å². The molecule has 1 N–H and O–H groups in total. The molecule has 3 rings (SSSR count). The van der Waals surface area contributed by atoms with Gasteiger partial charge in [-0.2, -0.15) is 0 Å². The van der Waals surface area contributed by atoms with Crippen molar-refractivity contribution in [2.75, 3.05) is 0 Å². The van der Waals surface area contributed by atoms with Crippen LogP contribution < -0.4 is 0 Å². The first-order valence-electron chi connectivity index (χ1n) is 7.82. The zero-order valence-electron chi connectivity index (χ0n) is 13.4. The van der Waals surface area contributed by atoms with Gasteiger partial charge in [-0.25, -0.2) is 4.79 Å². The lowest BCUT2D eigenvalue weighted by Gasteiger charge is -2.33. The number of carboxylic acids is 1. The van der Waals surface area contributed by atoms with Gasteiger partial charge in [-0.1, -0.05) is 103 Å². The molecule has 0 atom stereocenters. The van der Waals surface area contributed by atoms with Gasteiger partial charge in [0.15, 0.2) is 0 Å². The van der Waals surface area contributed by atoms with Crippen molar-refractivity contribution in [3.63, 3.8) is 0 Å². The SMILES string of the molecule is O=C(O)C#CSC(c1ccccc1)(c1ccccc1)c1ccccc1. The minimum absolute atomic E-state index is 0.605. The smallest absolute Gasteiger partial charge is 0.382 e. The Bertz CT molecular complexity index is 798. The summed E-state index contributed by atoms with van der Waals surface area (Å²) >= 11 is 1.31. The van der Waals surface area contributed by atoms with Crippen molar-refractivity contribution in [1.29, 1.82) is 0 Å². The van der Waals surface area contributed by atoms with Gasteiger partial charge in [0.25, 0.3) is 0 Å². The van der Waals surface area contributed by atoms with Crippen molar-refractivity contribution in [2.24, 2.45) is 0 Å². The Hall–Kier alpha value is -2.96. The van der Waals surface area contributed by atoms with Crippen LogP contribution in [0.3, 0.4) is 0 Å². The van der Waals surface area contributed by atoms with Gasteiger partial charge in [0.05, 0.1) is 0 Å². The number of thioether (sulfide) groups is 1. The third kappa shape index (κ3) is 3.60. The summed E-state index contributed by atoms with van der Waals surface area (Å²) in [5.74, 6) is 1.11. The van der Waals surface area contributed by atoms with Gasteiger partial charge in [0, 0.05) is 5.92 Å². The molecule has 122 valence electrons. The molecular formula is C22H16O2S. The zero-order chi connectivity index (χ0) is 17.5. The van der Waals surface area contributed by atoms with Crippen molar-refractivity contribution < 1.29 is 9.90 Å². The molecule has 0 bridgehead atoms. The molecule has 2 nitrogen and oxygen atoms in total. The number of hydrogen-bond acceptors (Lipinski definition) is 2. The average molecular weight is 344 g/mol. The van der Waals surface area contributed by atoms with Gasteiger partial charge in [-0.15, -0.1) is 0 Å². The van der Waals surface area contributed by atoms with E-state index in [1.807, 2.05) is 54.6 Å². The highest BCUT2D eigenvalue weighted by Gasteiger charge is 2.36. The van der Waals surface area contributed by atoms with Crippen LogP contribution >= 0.6 is 11.8 Å². The highest BCUT2D eigenvalue weighted by Crippen LogP contribution is 2.47. The van der Waals surface area contributed by atoms with Crippen LogP contribution in [0, 0.1) is 11.2 Å². The van der Waals surface area contributed by atoms with Gasteiger partial charge in [-0.05, 0) is 21.9 Å². The molecule has 0 aliphatic carbocycles. The summed E-state index contributed by atoms with van der Waals surface area (Å²) in [7, 11) is 0. The summed E-state index contributed by atoms with van der Waals surface area (Å²) < 4.78 is -0.605. The van der Waals surface area contributed by atoms with Crippen LogP contribution in [0.1, 0.15) is 16.7 Å². The first kappa shape index (κ1) is 16.9. The molecule has 3 aromatic carbocycles. The normalized spacial score (nSPS) is 10.6. The Morgan fingerprint density at radius 2 is 1.08 bits per heavy atom. The molecule has 0 saturated carbocycles. The van der Waals surface area contributed by atoms with E-state index < -0.39 is 10.7 Å². The second-order valence-electron chi connectivity index (χ2n) is 5.41. The lowest BCUT2D eigenvalue weighted by Crippen LogP contribution is -2.25. The second-order valence-corrected chi connectivity index (χ2v) is 6.43. The standard InChI is InChI=1S/C22H16O2S/c23-21(24)16-17-25-22(18-10-4-1-5-11-18,19-12-6-2-7-13-19)20-14-8-3-9-15-20/h1-15H,(H,23,24). The summed E-state index contributed by atoms with van der Waals surface area (Å²) in [5, 5.41) is 11.7. The molecule has 0 amide bonds. The van der Waals surface area contributed by atoms with Crippen molar-refractivity contribution in [2.45, 2.75) is 4.75 Å². The van der Waals surface area contributed by atoms with Gasteiger partial charge < -0.3 is 5.11 Å². The number of rotatable bonds is 4. The molecule has 0 radical (unpaired) electrons. The quantitative estimate of drug-likeness (QED) is 0.548. The Morgan fingerprint density at radius 1 is 0.720 bits per heavy atom. The Morgan fingerprint density at radius 3 is 1.40 bits per heavy atom. The molecule has 3 aromatic rings. The first-order valence-corrected chi connectivity index (χ1v) is 8.63. The van der Waals surface area contributed by atoms with E-state index in [4.69, 9.17) is 5.11 Å². The number of hydrogen-bond donors (Lipinski definition) is 1. The summed E-state index contributed by atoms with van der Waals surface area (Å²) in [6.07, 6.45) is 0. The van der Waals surface area contributed by atoms with E-state index in [9.17, 15) is 4.79 Å². The monoisotopic (exact) mass is 344 g/mol. The summed E-state index contributed by atoms with van der Waals surface area (Å²) in [5.41, 5.74) is 3.16. The van der Waals surface area contributed by atoms with Crippen LogP contribution in [0.4, 0.5) is 0 Å². The largest absolute Gasteiger partial charge is 0.472 e. The van der Waals surface area contributed by atoms with Gasteiger partial charge in [0.2, 0.25) is 0 Å². The van der Waals surface area contributed by atoms with Crippen LogP contribution in [0.25, 0.3) is 0 Å². The van der Waals surface area contributed by atoms with Crippen LogP contribution in [0.2, 0.25) is 0 Å². The molecule has 0 saturated heterocycles. The van der Waals surface area contributed by atoms with Crippen LogP contribution in [-0.4, -0.2) is 11.1 Å². The van der Waals surface area contributed by atoms with E-state index >= 15 is 0 Å². The predicted molar refractivity (Wildman–Crippen MR) is 102 cm³/mol. The van der Waals surface area contributed by atoms with Gasteiger partial charge in [-0.3, -0.25) is 0 Å². The van der Waals surface area contributed by atoms with Crippen molar-refractivity contribution in [3.8, 4) is 11.2 Å². The first-order chi connectivity index (χ1) is 12.2. The fraction of sp³-hybridized carbons (Fsp3) is 0.0455. The molecular weight excluding hydrogens is 328 g/mol. The Balaban J connectivity index is 2.28. The maximum atomic E-state index is 10.9. The van der Waals surface area contributed by atoms with E-state index in [0.717, 1.165) is 16.7 Å². The third-order valence-electron chi connectivity index (χ3n) is 3.90. The molecule has 25 heavy (non-hydrogen) atoms. The van der Waals surface area contributed by atoms with Crippen molar-refractivity contribution >= 4 is 17.7 Å². The van der Waals surface area contributed by atoms with E-state index in [2.05, 4.69) is 47.6 Å². The molecule has 0 aliphatic heterocycles. The molecule has 0 aliphatic rings. The second kappa shape index (κ2) is 7.74. The van der Waals surface area contributed by atoms with Crippen LogP contribution in [-0.2, 0) is 9.54 Å². The van der Waals surface area contributed by atoms with Crippen molar-refractivity contribution in [1.82, 2.24) is 0 Å². The maximum Gasteiger partial charge on any atom is 0.382 e. The fourth-order valence-electron chi connectivity index (χ4n) is 2.84. The van der Waals surface area contributed by atoms with Crippen LogP contribution in [0.15, 0.2) is 91.0 Å². The molecule has 0 fully saturated rings. The van der Waals surface area contributed by atoms with Gasteiger partial charge >= 0.3 is 5.97 Å². The predicted octanol–water partition coefficient (Wildman–Crippen LogP) is 4.76. The third-order valence-corrected chi connectivity index (χ3v) is 5.12. The Kier molecular flexibility index (Phi) is 5.23. The molecule has 0 unspecified atom stereocenters. The maximum absolute atomic E-state index is 10.9. The molecule has 3 heteroatoms. The van der Waals surface area contributed by atoms with Gasteiger partial charge in [0.1, 0.15) is 4.75 Å². The highest BCUT2D eigenvalue weighted by atomic mass is 32.2. The molecule has 0 aromatic heterocycles. The van der Waals surface area contributed by atoms with Crippen molar-refractivity contribution in [3.05, 3.63) is 108 Å². The van der Waals surface area contributed by atoms with E-state index in [1.165, 1.54) is 11.8 Å². The number of benzene rings is 3. The molecule has 0 spiro atoms. The summed E-state index contributed by atoms with van der Waals surface area (Å²) in [6.45, 7) is 0. The highest BCUT2D eigenvalue weighted by molar-refractivity contribution is 8.05. The minimum Gasteiger partial charge on any atom is -0.472 e. The minimum atomic E-state index is -1.13.